The summed E-state index contributed by atoms with van der Waals surface area (Å²) in [5.74, 6) is -0.634. The van der Waals surface area contributed by atoms with E-state index in [9.17, 15) is 9.90 Å². The SMILES string of the molecule is COCc1c(C(N)=O)nnn1CC(C)(C)CO. The smallest absolute Gasteiger partial charge is 0.271 e. The molecule has 0 saturated carbocycles. The van der Waals surface area contributed by atoms with Crippen molar-refractivity contribution in [2.45, 2.75) is 27.0 Å². The molecule has 1 heterocycles. The van der Waals surface area contributed by atoms with Gasteiger partial charge in [0.25, 0.3) is 5.91 Å². The van der Waals surface area contributed by atoms with E-state index in [0.29, 0.717) is 12.2 Å². The Kier molecular flexibility index (Phi) is 4.19. The van der Waals surface area contributed by atoms with Crippen LogP contribution in [0.5, 0.6) is 0 Å². The molecule has 3 N–H and O–H groups in total. The lowest BCUT2D eigenvalue weighted by Gasteiger charge is -2.22. The van der Waals surface area contributed by atoms with E-state index in [0.717, 1.165) is 0 Å². The summed E-state index contributed by atoms with van der Waals surface area (Å²) in [5, 5.41) is 16.8. The molecule has 1 rings (SSSR count). The number of nitrogens with zero attached hydrogens (tertiary/aromatic N) is 3. The number of aliphatic hydroxyl groups is 1. The summed E-state index contributed by atoms with van der Waals surface area (Å²) in [5.41, 5.74) is 5.48. The number of amides is 1. The lowest BCUT2D eigenvalue weighted by atomic mass is 9.95. The Labute approximate surface area is 99.6 Å². The Hall–Kier alpha value is -1.47. The zero-order valence-corrected chi connectivity index (χ0v) is 10.3. The molecular formula is C10H18N4O3. The third-order valence-electron chi connectivity index (χ3n) is 2.36. The van der Waals surface area contributed by atoms with Crippen LogP contribution in [0, 0.1) is 5.41 Å². The predicted octanol–water partition coefficient (Wildman–Crippen LogP) is -0.458. The second-order valence-corrected chi connectivity index (χ2v) is 4.66. The highest BCUT2D eigenvalue weighted by molar-refractivity contribution is 5.91. The molecule has 0 aliphatic heterocycles. The van der Waals surface area contributed by atoms with Crippen LogP contribution >= 0.6 is 0 Å². The highest BCUT2D eigenvalue weighted by Crippen LogP contribution is 2.18. The summed E-state index contributed by atoms with van der Waals surface area (Å²) in [7, 11) is 1.51. The number of hydrogen-bond donors (Lipinski definition) is 2. The molecule has 0 aromatic carbocycles. The topological polar surface area (TPSA) is 103 Å². The van der Waals surface area contributed by atoms with Crippen molar-refractivity contribution in [1.29, 1.82) is 0 Å². The van der Waals surface area contributed by atoms with Gasteiger partial charge in [0.1, 0.15) is 0 Å². The Balaban J connectivity index is 3.03. The van der Waals surface area contributed by atoms with Gasteiger partial charge in [-0.1, -0.05) is 19.1 Å². The van der Waals surface area contributed by atoms with E-state index >= 15 is 0 Å². The number of carbonyl (C=O) groups is 1. The molecule has 1 aromatic rings. The van der Waals surface area contributed by atoms with E-state index in [4.69, 9.17) is 10.5 Å². The molecule has 17 heavy (non-hydrogen) atoms. The summed E-state index contributed by atoms with van der Waals surface area (Å²) in [6, 6.07) is 0. The average molecular weight is 242 g/mol. The zero-order valence-electron chi connectivity index (χ0n) is 10.3. The van der Waals surface area contributed by atoms with Crippen LogP contribution in [0.2, 0.25) is 0 Å². The molecular weight excluding hydrogens is 224 g/mol. The summed E-state index contributed by atoms with van der Waals surface area (Å²) in [6.07, 6.45) is 0. The van der Waals surface area contributed by atoms with E-state index in [2.05, 4.69) is 10.3 Å². The lowest BCUT2D eigenvalue weighted by Crippen LogP contribution is -2.26. The summed E-state index contributed by atoms with van der Waals surface area (Å²) in [6.45, 7) is 4.41. The quantitative estimate of drug-likeness (QED) is 0.702. The van der Waals surface area contributed by atoms with Gasteiger partial charge in [0.15, 0.2) is 5.69 Å². The molecule has 0 bridgehead atoms. The molecule has 0 aliphatic carbocycles. The molecule has 0 unspecified atom stereocenters. The van der Waals surface area contributed by atoms with E-state index < -0.39 is 5.91 Å². The maximum absolute atomic E-state index is 11.1. The molecule has 0 saturated heterocycles. The standard InChI is InChI=1S/C10H18N4O3/c1-10(2,6-15)5-14-7(4-17-3)8(9(11)16)12-13-14/h15H,4-6H2,1-3H3,(H2,11,16). The second kappa shape index (κ2) is 5.24. The molecule has 0 fully saturated rings. The largest absolute Gasteiger partial charge is 0.396 e. The van der Waals surface area contributed by atoms with Crippen LogP contribution in [-0.2, 0) is 17.9 Å². The molecule has 0 atom stereocenters. The Morgan fingerprint density at radius 1 is 1.59 bits per heavy atom. The molecule has 1 amide bonds. The molecule has 1 aromatic heterocycles. The first-order valence-electron chi connectivity index (χ1n) is 5.23. The number of rotatable bonds is 6. The molecule has 0 radical (unpaired) electrons. The van der Waals surface area contributed by atoms with Gasteiger partial charge in [-0.15, -0.1) is 5.10 Å². The van der Waals surface area contributed by atoms with Gasteiger partial charge in [-0.25, -0.2) is 4.68 Å². The first-order chi connectivity index (χ1) is 7.91. The van der Waals surface area contributed by atoms with Crippen molar-refractivity contribution in [2.24, 2.45) is 11.1 Å². The van der Waals surface area contributed by atoms with Crippen LogP contribution in [0.4, 0.5) is 0 Å². The third kappa shape index (κ3) is 3.24. The number of hydrogen-bond acceptors (Lipinski definition) is 5. The van der Waals surface area contributed by atoms with Crippen LogP contribution in [0.25, 0.3) is 0 Å². The van der Waals surface area contributed by atoms with Gasteiger partial charge in [0, 0.05) is 19.1 Å². The van der Waals surface area contributed by atoms with E-state index in [1.165, 1.54) is 7.11 Å². The summed E-state index contributed by atoms with van der Waals surface area (Å²) in [4.78, 5) is 11.1. The van der Waals surface area contributed by atoms with E-state index in [-0.39, 0.29) is 24.3 Å². The van der Waals surface area contributed by atoms with Gasteiger partial charge < -0.3 is 15.6 Å². The third-order valence-corrected chi connectivity index (χ3v) is 2.36. The van der Waals surface area contributed by atoms with Crippen molar-refractivity contribution in [3.63, 3.8) is 0 Å². The molecule has 7 heteroatoms. The minimum Gasteiger partial charge on any atom is -0.396 e. The summed E-state index contributed by atoms with van der Waals surface area (Å²) < 4.78 is 6.54. The summed E-state index contributed by atoms with van der Waals surface area (Å²) >= 11 is 0. The Morgan fingerprint density at radius 2 is 2.24 bits per heavy atom. The lowest BCUT2D eigenvalue weighted by molar-refractivity contribution is 0.0988. The van der Waals surface area contributed by atoms with E-state index in [1.54, 1.807) is 4.68 Å². The Morgan fingerprint density at radius 3 is 2.71 bits per heavy atom. The Bertz CT molecular complexity index is 400. The van der Waals surface area contributed by atoms with Crippen LogP contribution in [0.1, 0.15) is 30.0 Å². The molecule has 96 valence electrons. The van der Waals surface area contributed by atoms with Crippen molar-refractivity contribution in [3.8, 4) is 0 Å². The highest BCUT2D eigenvalue weighted by Gasteiger charge is 2.23. The van der Waals surface area contributed by atoms with Crippen LogP contribution in [0.15, 0.2) is 0 Å². The maximum Gasteiger partial charge on any atom is 0.271 e. The fourth-order valence-corrected chi connectivity index (χ4v) is 1.39. The van der Waals surface area contributed by atoms with Gasteiger partial charge in [-0.05, 0) is 0 Å². The highest BCUT2D eigenvalue weighted by atomic mass is 16.5. The van der Waals surface area contributed by atoms with Gasteiger partial charge in [0.2, 0.25) is 0 Å². The van der Waals surface area contributed by atoms with Gasteiger partial charge in [0.05, 0.1) is 18.8 Å². The first-order valence-corrected chi connectivity index (χ1v) is 5.23. The van der Waals surface area contributed by atoms with Crippen molar-refractivity contribution in [2.75, 3.05) is 13.7 Å². The number of aromatic nitrogens is 3. The fraction of sp³-hybridized carbons (Fsp3) is 0.700. The van der Waals surface area contributed by atoms with Gasteiger partial charge >= 0.3 is 0 Å². The van der Waals surface area contributed by atoms with Crippen LogP contribution in [-0.4, -0.2) is 39.7 Å². The number of ether oxygens (including phenoxy) is 1. The van der Waals surface area contributed by atoms with Gasteiger partial charge in [-0.3, -0.25) is 4.79 Å². The van der Waals surface area contributed by atoms with Crippen molar-refractivity contribution in [1.82, 2.24) is 15.0 Å². The average Bonchev–Trinajstić information content (AvgIpc) is 2.62. The van der Waals surface area contributed by atoms with E-state index in [1.807, 2.05) is 13.8 Å². The van der Waals surface area contributed by atoms with Gasteiger partial charge in [-0.2, -0.15) is 0 Å². The molecule has 7 nitrogen and oxygen atoms in total. The zero-order chi connectivity index (χ0) is 13.1. The monoisotopic (exact) mass is 242 g/mol. The number of primary amides is 1. The number of nitrogens with two attached hydrogens (primary N) is 1. The molecule has 0 spiro atoms. The van der Waals surface area contributed by atoms with Crippen molar-refractivity contribution in [3.05, 3.63) is 11.4 Å². The number of carbonyl (C=O) groups excluding carboxylic acids is 1. The minimum absolute atomic E-state index is 0.00515. The number of methoxy groups -OCH3 is 1. The normalized spacial score (nSPS) is 11.8. The maximum atomic E-state index is 11.1. The second-order valence-electron chi connectivity index (χ2n) is 4.66. The molecule has 0 aliphatic rings. The minimum atomic E-state index is -0.634. The van der Waals surface area contributed by atoms with Crippen LogP contribution < -0.4 is 5.73 Å². The predicted molar refractivity (Wildman–Crippen MR) is 60.1 cm³/mol. The van der Waals surface area contributed by atoms with Crippen molar-refractivity contribution < 1.29 is 14.6 Å². The fourth-order valence-electron chi connectivity index (χ4n) is 1.39. The first kappa shape index (κ1) is 13.6. The number of aliphatic hydroxyl groups excluding tert-OH is 1. The van der Waals surface area contributed by atoms with Crippen molar-refractivity contribution >= 4 is 5.91 Å². The van der Waals surface area contributed by atoms with Crippen LogP contribution in [0.3, 0.4) is 0 Å².